The van der Waals surface area contributed by atoms with Crippen LogP contribution in [-0.2, 0) is 25.5 Å². The minimum absolute atomic E-state index is 0.141. The molecule has 0 bridgehead atoms. The van der Waals surface area contributed by atoms with Crippen LogP contribution >= 0.6 is 0 Å². The maximum absolute atomic E-state index is 12.0. The zero-order chi connectivity index (χ0) is 17.6. The van der Waals surface area contributed by atoms with Crippen LogP contribution in [0.3, 0.4) is 0 Å². The molecule has 0 saturated heterocycles. The van der Waals surface area contributed by atoms with Gasteiger partial charge in [-0.1, -0.05) is 13.0 Å². The summed E-state index contributed by atoms with van der Waals surface area (Å²) in [5.74, 6) is -1.53. The van der Waals surface area contributed by atoms with Crippen LogP contribution in [0.1, 0.15) is 32.8 Å². The van der Waals surface area contributed by atoms with Crippen LogP contribution in [0.25, 0.3) is 0 Å². The van der Waals surface area contributed by atoms with E-state index < -0.39 is 24.2 Å². The summed E-state index contributed by atoms with van der Waals surface area (Å²) in [5.41, 5.74) is 6.37. The second-order valence-electron chi connectivity index (χ2n) is 5.32. The van der Waals surface area contributed by atoms with Gasteiger partial charge in [-0.15, -0.1) is 0 Å². The van der Waals surface area contributed by atoms with Crippen molar-refractivity contribution in [3.05, 3.63) is 23.8 Å². The Balaban J connectivity index is 2.55. The molecule has 0 aliphatic carbocycles. The van der Waals surface area contributed by atoms with Gasteiger partial charge in [-0.2, -0.15) is 0 Å². The number of phenolic OH excluding ortho intramolecular Hbond substituents is 2. The van der Waals surface area contributed by atoms with Crippen molar-refractivity contribution >= 4 is 11.9 Å². The highest BCUT2D eigenvalue weighted by molar-refractivity contribution is 5.76. The summed E-state index contributed by atoms with van der Waals surface area (Å²) < 4.78 is 10.3. The number of benzene rings is 1. The highest BCUT2D eigenvalue weighted by Crippen LogP contribution is 2.25. The summed E-state index contributed by atoms with van der Waals surface area (Å²) in [6, 6.07) is 3.27. The van der Waals surface area contributed by atoms with Crippen molar-refractivity contribution in [2.24, 2.45) is 5.73 Å². The number of hydrogen-bond acceptors (Lipinski definition) is 7. The van der Waals surface area contributed by atoms with Gasteiger partial charge in [0.25, 0.3) is 0 Å². The lowest BCUT2D eigenvalue weighted by molar-refractivity contribution is -0.166. The second-order valence-corrected chi connectivity index (χ2v) is 5.32. The summed E-state index contributed by atoms with van der Waals surface area (Å²) in [5, 5.41) is 18.7. The molecular formula is C16H23NO6. The van der Waals surface area contributed by atoms with Gasteiger partial charge < -0.3 is 25.4 Å². The molecule has 4 N–H and O–H groups in total. The number of nitrogens with two attached hydrogens (primary N) is 1. The fourth-order valence-corrected chi connectivity index (χ4v) is 1.79. The Bertz CT molecular complexity index is 560. The summed E-state index contributed by atoms with van der Waals surface area (Å²) in [7, 11) is 0. The smallest absolute Gasteiger partial charge is 0.323 e. The molecule has 7 nitrogen and oxygen atoms in total. The Kier molecular flexibility index (Phi) is 6.84. The Morgan fingerprint density at radius 1 is 1.13 bits per heavy atom. The van der Waals surface area contributed by atoms with E-state index >= 15 is 0 Å². The fourth-order valence-electron chi connectivity index (χ4n) is 1.79. The third-order valence-electron chi connectivity index (χ3n) is 3.37. The Hall–Kier alpha value is -2.28. The van der Waals surface area contributed by atoms with Crippen LogP contribution in [0, 0.1) is 0 Å². The first-order chi connectivity index (χ1) is 10.7. The van der Waals surface area contributed by atoms with Crippen LogP contribution in [0.2, 0.25) is 0 Å². The van der Waals surface area contributed by atoms with Crippen LogP contribution in [0.5, 0.6) is 11.5 Å². The molecule has 7 heteroatoms. The van der Waals surface area contributed by atoms with E-state index in [1.54, 1.807) is 26.8 Å². The first kappa shape index (κ1) is 18.8. The maximum Gasteiger partial charge on any atom is 0.323 e. The predicted octanol–water partition coefficient (Wildman–Crippen LogP) is 1.24. The maximum atomic E-state index is 12.0. The van der Waals surface area contributed by atoms with Gasteiger partial charge in [0.15, 0.2) is 11.5 Å². The highest BCUT2D eigenvalue weighted by atomic mass is 16.6. The van der Waals surface area contributed by atoms with Crippen LogP contribution in [-0.4, -0.2) is 40.4 Å². The van der Waals surface area contributed by atoms with E-state index in [4.69, 9.17) is 15.2 Å². The number of rotatable bonds is 7. The van der Waals surface area contributed by atoms with Crippen LogP contribution in [0.4, 0.5) is 0 Å². The zero-order valence-corrected chi connectivity index (χ0v) is 13.5. The SMILES string of the molecule is CCC(=O)OC(C)[C@H](C)OC(=O)[C@@H](N)Cc1ccc(O)c(O)c1. The van der Waals surface area contributed by atoms with E-state index in [-0.39, 0.29) is 30.3 Å². The van der Waals surface area contributed by atoms with Gasteiger partial charge in [0.1, 0.15) is 18.2 Å². The molecule has 0 heterocycles. The van der Waals surface area contributed by atoms with E-state index in [1.807, 2.05) is 0 Å². The largest absolute Gasteiger partial charge is 0.504 e. The van der Waals surface area contributed by atoms with E-state index in [1.165, 1.54) is 12.1 Å². The van der Waals surface area contributed by atoms with Crippen molar-refractivity contribution in [3.8, 4) is 11.5 Å². The molecule has 1 unspecified atom stereocenters. The van der Waals surface area contributed by atoms with E-state index in [0.717, 1.165) is 0 Å². The molecule has 1 aromatic rings. The summed E-state index contributed by atoms with van der Waals surface area (Å²) in [6.45, 7) is 4.92. The predicted molar refractivity (Wildman–Crippen MR) is 82.9 cm³/mol. The van der Waals surface area contributed by atoms with Gasteiger partial charge in [0.2, 0.25) is 0 Å². The van der Waals surface area contributed by atoms with Crippen molar-refractivity contribution in [3.63, 3.8) is 0 Å². The number of phenols is 2. The number of aromatic hydroxyl groups is 2. The molecule has 1 aromatic carbocycles. The van der Waals surface area contributed by atoms with Crippen molar-refractivity contribution in [2.75, 3.05) is 0 Å². The number of esters is 2. The van der Waals surface area contributed by atoms with Crippen molar-refractivity contribution in [1.29, 1.82) is 0 Å². The lowest BCUT2D eigenvalue weighted by Gasteiger charge is -2.22. The first-order valence-electron chi connectivity index (χ1n) is 7.41. The van der Waals surface area contributed by atoms with Crippen LogP contribution in [0.15, 0.2) is 18.2 Å². The van der Waals surface area contributed by atoms with Gasteiger partial charge >= 0.3 is 11.9 Å². The average Bonchev–Trinajstić information content (AvgIpc) is 2.50. The number of carbonyl (C=O) groups is 2. The molecule has 128 valence electrons. The van der Waals surface area contributed by atoms with Gasteiger partial charge in [-0.25, -0.2) is 0 Å². The molecular weight excluding hydrogens is 302 g/mol. The van der Waals surface area contributed by atoms with Gasteiger partial charge in [0, 0.05) is 6.42 Å². The zero-order valence-electron chi connectivity index (χ0n) is 13.5. The summed E-state index contributed by atoms with van der Waals surface area (Å²) >= 11 is 0. The minimum atomic E-state index is -0.935. The lowest BCUT2D eigenvalue weighted by atomic mass is 10.1. The molecule has 0 aromatic heterocycles. The molecule has 0 aliphatic heterocycles. The standard InChI is InChI=1S/C16H23NO6/c1-4-15(20)22-9(2)10(3)23-16(21)12(17)7-11-5-6-13(18)14(19)8-11/h5-6,8-10,12,18-19H,4,7,17H2,1-3H3/t9?,10-,12-/m0/s1. The Morgan fingerprint density at radius 2 is 1.74 bits per heavy atom. The van der Waals surface area contributed by atoms with Crippen molar-refractivity contribution in [1.82, 2.24) is 0 Å². The number of ether oxygens (including phenoxy) is 2. The van der Waals surface area contributed by atoms with Crippen LogP contribution < -0.4 is 5.73 Å². The molecule has 3 atom stereocenters. The fraction of sp³-hybridized carbons (Fsp3) is 0.500. The monoisotopic (exact) mass is 325 g/mol. The minimum Gasteiger partial charge on any atom is -0.504 e. The Morgan fingerprint density at radius 3 is 2.30 bits per heavy atom. The van der Waals surface area contributed by atoms with Gasteiger partial charge in [0.05, 0.1) is 0 Å². The lowest BCUT2D eigenvalue weighted by Crippen LogP contribution is -2.39. The van der Waals surface area contributed by atoms with E-state index in [0.29, 0.717) is 5.56 Å². The molecule has 0 saturated carbocycles. The Labute approximate surface area is 135 Å². The van der Waals surface area contributed by atoms with Gasteiger partial charge in [-0.3, -0.25) is 9.59 Å². The molecule has 0 aliphatic rings. The molecule has 0 fully saturated rings. The quantitative estimate of drug-likeness (QED) is 0.509. The average molecular weight is 325 g/mol. The van der Waals surface area contributed by atoms with Gasteiger partial charge in [-0.05, 0) is 38.0 Å². The first-order valence-corrected chi connectivity index (χ1v) is 7.41. The van der Waals surface area contributed by atoms with E-state index in [2.05, 4.69) is 0 Å². The highest BCUT2D eigenvalue weighted by Gasteiger charge is 2.24. The summed E-state index contributed by atoms with van der Waals surface area (Å²) in [6.07, 6.45) is -0.814. The van der Waals surface area contributed by atoms with Crippen molar-refractivity contribution in [2.45, 2.75) is 51.9 Å². The molecule has 0 spiro atoms. The normalized spacial score (nSPS) is 14.6. The van der Waals surface area contributed by atoms with E-state index in [9.17, 15) is 19.8 Å². The number of carbonyl (C=O) groups excluding carboxylic acids is 2. The number of hydrogen-bond donors (Lipinski definition) is 3. The molecule has 0 radical (unpaired) electrons. The summed E-state index contributed by atoms with van der Waals surface area (Å²) in [4.78, 5) is 23.2. The molecule has 1 rings (SSSR count). The van der Waals surface area contributed by atoms with Crippen molar-refractivity contribution < 1.29 is 29.3 Å². The third kappa shape index (κ3) is 5.78. The molecule has 0 amide bonds. The topological polar surface area (TPSA) is 119 Å². The second kappa shape index (κ2) is 8.38. The molecule has 23 heavy (non-hydrogen) atoms. The third-order valence-corrected chi connectivity index (χ3v) is 3.37.